The van der Waals surface area contributed by atoms with Gasteiger partial charge in [-0.1, -0.05) is 0 Å². The summed E-state index contributed by atoms with van der Waals surface area (Å²) in [5.74, 6) is 7.94. The fourth-order valence-electron chi connectivity index (χ4n) is 2.37. The highest BCUT2D eigenvalue weighted by Crippen LogP contribution is 2.35. The van der Waals surface area contributed by atoms with Gasteiger partial charge in [-0.3, -0.25) is 4.90 Å². The number of rotatable bonds is 6. The maximum absolute atomic E-state index is 5.43. The molecular formula is C13H21N5. The van der Waals surface area contributed by atoms with E-state index in [9.17, 15) is 0 Å². The highest BCUT2D eigenvalue weighted by molar-refractivity contribution is 5.33. The van der Waals surface area contributed by atoms with Crippen molar-refractivity contribution in [2.75, 3.05) is 12.0 Å². The number of nitrogens with zero attached hydrogens (tertiary/aromatic N) is 3. The number of aromatic nitrogens is 2. The van der Waals surface area contributed by atoms with Crippen molar-refractivity contribution in [3.63, 3.8) is 0 Å². The van der Waals surface area contributed by atoms with E-state index < -0.39 is 0 Å². The van der Waals surface area contributed by atoms with Gasteiger partial charge in [-0.25, -0.2) is 15.8 Å². The summed E-state index contributed by atoms with van der Waals surface area (Å²) in [7, 11) is 0. The highest BCUT2D eigenvalue weighted by Gasteiger charge is 2.33. The minimum atomic E-state index is 0.708. The average Bonchev–Trinajstić information content (AvgIpc) is 3.20. The first-order valence-corrected chi connectivity index (χ1v) is 6.80. The molecule has 2 fully saturated rings. The number of nitrogens with one attached hydrogen (secondary N) is 1. The maximum Gasteiger partial charge on any atom is 0.145 e. The number of hydrazine groups is 1. The molecule has 0 atom stereocenters. The average molecular weight is 247 g/mol. The lowest BCUT2D eigenvalue weighted by Gasteiger charge is -2.21. The van der Waals surface area contributed by atoms with E-state index in [2.05, 4.69) is 20.3 Å². The molecule has 0 unspecified atom stereocenters. The molecule has 1 aromatic heterocycles. The van der Waals surface area contributed by atoms with Crippen molar-refractivity contribution in [2.45, 2.75) is 45.2 Å². The van der Waals surface area contributed by atoms with Crippen molar-refractivity contribution in [3.8, 4) is 0 Å². The quantitative estimate of drug-likeness (QED) is 0.588. The van der Waals surface area contributed by atoms with E-state index in [0.29, 0.717) is 5.82 Å². The zero-order valence-electron chi connectivity index (χ0n) is 10.9. The van der Waals surface area contributed by atoms with Crippen LogP contribution in [-0.4, -0.2) is 27.5 Å². The van der Waals surface area contributed by atoms with Gasteiger partial charge in [0.1, 0.15) is 11.6 Å². The van der Waals surface area contributed by atoms with Gasteiger partial charge >= 0.3 is 0 Å². The molecule has 5 nitrogen and oxygen atoms in total. The lowest BCUT2D eigenvalue weighted by Crippen LogP contribution is -2.29. The third-order valence-electron chi connectivity index (χ3n) is 3.65. The molecule has 0 aromatic carbocycles. The van der Waals surface area contributed by atoms with Gasteiger partial charge in [0, 0.05) is 24.3 Å². The SMILES string of the molecule is Cc1cc(NN)nc(CN(CC2CC2)C2CC2)n1. The van der Waals surface area contributed by atoms with Crippen LogP contribution in [0.15, 0.2) is 6.07 Å². The molecule has 0 amide bonds. The van der Waals surface area contributed by atoms with Crippen molar-refractivity contribution >= 4 is 5.82 Å². The van der Waals surface area contributed by atoms with E-state index in [-0.39, 0.29) is 0 Å². The standard InChI is InChI=1S/C13H21N5/c1-9-6-12(17-14)16-13(15-9)8-18(11-4-5-11)7-10-2-3-10/h6,10-11H,2-5,7-8,14H2,1H3,(H,15,16,17). The molecule has 2 saturated carbocycles. The Morgan fingerprint density at radius 2 is 2.11 bits per heavy atom. The summed E-state index contributed by atoms with van der Waals surface area (Å²) in [6.45, 7) is 4.05. The van der Waals surface area contributed by atoms with Crippen LogP contribution in [0.3, 0.4) is 0 Å². The Morgan fingerprint density at radius 3 is 2.72 bits per heavy atom. The monoisotopic (exact) mass is 247 g/mol. The van der Waals surface area contributed by atoms with E-state index in [1.54, 1.807) is 0 Å². The van der Waals surface area contributed by atoms with Gasteiger partial charge in [0.05, 0.1) is 6.54 Å². The molecule has 0 aliphatic heterocycles. The van der Waals surface area contributed by atoms with Crippen molar-refractivity contribution in [2.24, 2.45) is 11.8 Å². The summed E-state index contributed by atoms with van der Waals surface area (Å²) < 4.78 is 0. The number of anilines is 1. The number of aryl methyl sites for hydroxylation is 1. The molecule has 98 valence electrons. The van der Waals surface area contributed by atoms with Crippen LogP contribution in [0.4, 0.5) is 5.82 Å². The second-order valence-corrected chi connectivity index (χ2v) is 5.56. The first-order chi connectivity index (χ1) is 8.74. The van der Waals surface area contributed by atoms with Gasteiger partial charge in [-0.05, 0) is 38.5 Å². The summed E-state index contributed by atoms with van der Waals surface area (Å²) in [5.41, 5.74) is 3.58. The van der Waals surface area contributed by atoms with Crippen LogP contribution in [0.25, 0.3) is 0 Å². The van der Waals surface area contributed by atoms with Crippen molar-refractivity contribution < 1.29 is 0 Å². The van der Waals surface area contributed by atoms with Crippen molar-refractivity contribution in [1.29, 1.82) is 0 Å². The van der Waals surface area contributed by atoms with Gasteiger partial charge in [0.15, 0.2) is 0 Å². The fourth-order valence-corrected chi connectivity index (χ4v) is 2.37. The van der Waals surface area contributed by atoms with E-state index in [0.717, 1.165) is 30.0 Å². The minimum Gasteiger partial charge on any atom is -0.308 e. The predicted molar refractivity (Wildman–Crippen MR) is 70.7 cm³/mol. The topological polar surface area (TPSA) is 67.1 Å². The second kappa shape index (κ2) is 4.82. The number of nitrogens with two attached hydrogens (primary N) is 1. The fraction of sp³-hybridized carbons (Fsp3) is 0.692. The lowest BCUT2D eigenvalue weighted by atomic mass is 10.3. The summed E-state index contributed by atoms with van der Waals surface area (Å²) in [4.78, 5) is 11.5. The van der Waals surface area contributed by atoms with Crippen LogP contribution >= 0.6 is 0 Å². The Bertz CT molecular complexity index is 425. The van der Waals surface area contributed by atoms with E-state index >= 15 is 0 Å². The molecule has 1 heterocycles. The van der Waals surface area contributed by atoms with E-state index in [4.69, 9.17) is 5.84 Å². The Hall–Kier alpha value is -1.20. The van der Waals surface area contributed by atoms with Crippen LogP contribution in [0.1, 0.15) is 37.2 Å². The number of nitrogen functional groups attached to an aromatic ring is 1. The second-order valence-electron chi connectivity index (χ2n) is 5.56. The Kier molecular flexibility index (Phi) is 3.18. The molecular weight excluding hydrogens is 226 g/mol. The summed E-state index contributed by atoms with van der Waals surface area (Å²) in [6, 6.07) is 2.63. The van der Waals surface area contributed by atoms with Gasteiger partial charge in [0.25, 0.3) is 0 Å². The molecule has 0 bridgehead atoms. The van der Waals surface area contributed by atoms with Crippen LogP contribution in [0, 0.1) is 12.8 Å². The highest BCUT2D eigenvalue weighted by atomic mass is 15.3. The zero-order chi connectivity index (χ0) is 12.5. The van der Waals surface area contributed by atoms with Crippen molar-refractivity contribution in [1.82, 2.24) is 14.9 Å². The Balaban J connectivity index is 1.70. The normalized spacial score (nSPS) is 19.3. The van der Waals surface area contributed by atoms with Gasteiger partial charge in [-0.2, -0.15) is 0 Å². The lowest BCUT2D eigenvalue weighted by molar-refractivity contribution is 0.238. The number of hydrogen-bond donors (Lipinski definition) is 2. The smallest absolute Gasteiger partial charge is 0.145 e. The third-order valence-corrected chi connectivity index (χ3v) is 3.65. The van der Waals surface area contributed by atoms with E-state index in [1.807, 2.05) is 13.0 Å². The molecule has 2 aliphatic rings. The van der Waals surface area contributed by atoms with Crippen LogP contribution in [0.5, 0.6) is 0 Å². The summed E-state index contributed by atoms with van der Waals surface area (Å²) in [6.07, 6.45) is 5.46. The zero-order valence-corrected chi connectivity index (χ0v) is 10.9. The van der Waals surface area contributed by atoms with E-state index in [1.165, 1.54) is 32.2 Å². The Morgan fingerprint density at radius 1 is 1.33 bits per heavy atom. The predicted octanol–water partition coefficient (Wildman–Crippen LogP) is 1.45. The molecule has 3 rings (SSSR count). The van der Waals surface area contributed by atoms with Crippen LogP contribution in [-0.2, 0) is 6.54 Å². The van der Waals surface area contributed by atoms with Crippen molar-refractivity contribution in [3.05, 3.63) is 17.6 Å². The molecule has 18 heavy (non-hydrogen) atoms. The molecule has 0 saturated heterocycles. The van der Waals surface area contributed by atoms with Crippen LogP contribution in [0.2, 0.25) is 0 Å². The number of hydrogen-bond acceptors (Lipinski definition) is 5. The minimum absolute atomic E-state index is 0.708. The van der Waals surface area contributed by atoms with Gasteiger partial charge in [-0.15, -0.1) is 0 Å². The molecule has 1 aromatic rings. The van der Waals surface area contributed by atoms with Gasteiger partial charge < -0.3 is 5.43 Å². The Labute approximate surface area is 108 Å². The molecule has 0 spiro atoms. The molecule has 3 N–H and O–H groups in total. The summed E-state index contributed by atoms with van der Waals surface area (Å²) in [5, 5.41) is 0. The molecule has 2 aliphatic carbocycles. The molecule has 0 radical (unpaired) electrons. The maximum atomic E-state index is 5.43. The first kappa shape index (κ1) is 11.9. The largest absolute Gasteiger partial charge is 0.308 e. The first-order valence-electron chi connectivity index (χ1n) is 6.80. The molecule has 5 heteroatoms. The third kappa shape index (κ3) is 2.97. The van der Waals surface area contributed by atoms with Crippen LogP contribution < -0.4 is 11.3 Å². The summed E-state index contributed by atoms with van der Waals surface area (Å²) >= 11 is 0. The van der Waals surface area contributed by atoms with Gasteiger partial charge in [0.2, 0.25) is 0 Å².